The molecule has 2 rings (SSSR count). The third kappa shape index (κ3) is 2.33. The number of carbonyl (C=O) groups is 1. The van der Waals surface area contributed by atoms with Gasteiger partial charge in [0.1, 0.15) is 6.04 Å². The van der Waals surface area contributed by atoms with Gasteiger partial charge >= 0.3 is 0 Å². The lowest BCUT2D eigenvalue weighted by atomic mass is 10.1. The molecule has 1 unspecified atom stereocenters. The van der Waals surface area contributed by atoms with Gasteiger partial charge in [0, 0.05) is 11.5 Å². The molecular weight excluding hydrogens is 220 g/mol. The third-order valence-corrected chi connectivity index (χ3v) is 3.60. The second-order valence-electron chi connectivity index (χ2n) is 3.79. The van der Waals surface area contributed by atoms with Crippen molar-refractivity contribution in [2.75, 3.05) is 5.75 Å². The Kier molecular flexibility index (Phi) is 3.41. The molecule has 1 heterocycles. The van der Waals surface area contributed by atoms with Crippen molar-refractivity contribution in [3.63, 3.8) is 0 Å². The first kappa shape index (κ1) is 11.4. The minimum absolute atomic E-state index is 0.0269. The largest absolute Gasteiger partial charge is 0.316 e. The van der Waals surface area contributed by atoms with E-state index in [1.165, 1.54) is 11.8 Å². The fraction of sp³-hybridized carbons (Fsp3) is 0.333. The molecule has 84 valence electrons. The second kappa shape index (κ2) is 4.80. The van der Waals surface area contributed by atoms with Gasteiger partial charge in [-0.1, -0.05) is 42.1 Å². The number of hydrogen-bond acceptors (Lipinski definition) is 4. The van der Waals surface area contributed by atoms with E-state index in [4.69, 9.17) is 5.73 Å². The number of thioether (sulfide) groups is 1. The molecule has 2 atom stereocenters. The van der Waals surface area contributed by atoms with Gasteiger partial charge in [-0.15, -0.1) is 0 Å². The topological polar surface area (TPSA) is 55.5 Å². The Morgan fingerprint density at radius 1 is 1.44 bits per heavy atom. The Labute approximate surface area is 99.1 Å². The normalized spacial score (nSPS) is 25.0. The second-order valence-corrected chi connectivity index (χ2v) is 4.77. The summed E-state index contributed by atoms with van der Waals surface area (Å²) >= 11 is 1.26. The van der Waals surface area contributed by atoms with Crippen LogP contribution in [0.1, 0.15) is 18.5 Å². The van der Waals surface area contributed by atoms with E-state index in [9.17, 15) is 4.79 Å². The molecule has 3 nitrogen and oxygen atoms in total. The predicted molar refractivity (Wildman–Crippen MR) is 67.7 cm³/mol. The molecule has 0 radical (unpaired) electrons. The predicted octanol–water partition coefficient (Wildman–Crippen LogP) is 1.79. The molecule has 1 aliphatic heterocycles. The zero-order valence-corrected chi connectivity index (χ0v) is 9.91. The van der Waals surface area contributed by atoms with Crippen LogP contribution in [-0.2, 0) is 4.79 Å². The summed E-state index contributed by atoms with van der Waals surface area (Å²) in [7, 11) is 0. The Morgan fingerprint density at radius 3 is 2.69 bits per heavy atom. The van der Waals surface area contributed by atoms with E-state index >= 15 is 0 Å². The molecular formula is C12H14N2OS. The van der Waals surface area contributed by atoms with Crippen LogP contribution in [0.2, 0.25) is 0 Å². The molecule has 0 bridgehead atoms. The number of aliphatic imine (C=N–C) groups is 1. The van der Waals surface area contributed by atoms with Crippen molar-refractivity contribution in [2.24, 2.45) is 10.7 Å². The summed E-state index contributed by atoms with van der Waals surface area (Å²) in [5.41, 5.74) is 7.70. The maximum Gasteiger partial charge on any atom is 0.211 e. The van der Waals surface area contributed by atoms with Crippen LogP contribution in [0.15, 0.2) is 35.3 Å². The molecule has 1 fully saturated rings. The maximum atomic E-state index is 11.3. The maximum absolute atomic E-state index is 11.3. The summed E-state index contributed by atoms with van der Waals surface area (Å²) in [6.45, 7) is 2.02. The summed E-state index contributed by atoms with van der Waals surface area (Å²) in [4.78, 5) is 15.8. The Bertz CT molecular complexity index is 416. The van der Waals surface area contributed by atoms with Crippen LogP contribution >= 0.6 is 11.8 Å². The molecule has 0 amide bonds. The van der Waals surface area contributed by atoms with Gasteiger partial charge in [-0.25, -0.2) is 0 Å². The Morgan fingerprint density at radius 2 is 2.12 bits per heavy atom. The monoisotopic (exact) mass is 234 g/mol. The fourth-order valence-corrected chi connectivity index (χ4v) is 2.49. The van der Waals surface area contributed by atoms with Crippen molar-refractivity contribution >= 4 is 22.6 Å². The smallest absolute Gasteiger partial charge is 0.211 e. The van der Waals surface area contributed by atoms with Crippen LogP contribution in [0.4, 0.5) is 0 Å². The average molecular weight is 234 g/mol. The van der Waals surface area contributed by atoms with Crippen LogP contribution in [0.3, 0.4) is 0 Å². The van der Waals surface area contributed by atoms with Crippen LogP contribution < -0.4 is 5.73 Å². The van der Waals surface area contributed by atoms with Gasteiger partial charge in [-0.2, -0.15) is 0 Å². The Balaban J connectivity index is 2.16. The van der Waals surface area contributed by atoms with E-state index < -0.39 is 6.04 Å². The molecule has 1 saturated heterocycles. The molecule has 16 heavy (non-hydrogen) atoms. The van der Waals surface area contributed by atoms with Crippen molar-refractivity contribution in [2.45, 2.75) is 19.0 Å². The molecule has 1 aromatic carbocycles. The zero-order chi connectivity index (χ0) is 11.5. The van der Waals surface area contributed by atoms with Crippen LogP contribution in [-0.4, -0.2) is 22.6 Å². The summed E-state index contributed by atoms with van der Waals surface area (Å²) in [5.74, 6) is 0.636. The van der Waals surface area contributed by atoms with Gasteiger partial charge in [0.2, 0.25) is 5.12 Å². The average Bonchev–Trinajstić information content (AvgIpc) is 2.62. The standard InChI is InChI=1S/C12H14N2OS/c1-8(9-5-3-2-4-6-9)14-10-7-16-12(15)11(10)13/h2-6,8,11H,7,13H2,1H3/t8-,11?/m0/s1. The molecule has 1 aliphatic rings. The van der Waals surface area contributed by atoms with Crippen LogP contribution in [0, 0.1) is 0 Å². The summed E-state index contributed by atoms with van der Waals surface area (Å²) in [6.07, 6.45) is 0. The lowest BCUT2D eigenvalue weighted by molar-refractivity contribution is -0.110. The van der Waals surface area contributed by atoms with E-state index in [0.29, 0.717) is 5.75 Å². The van der Waals surface area contributed by atoms with E-state index in [2.05, 4.69) is 4.99 Å². The van der Waals surface area contributed by atoms with Gasteiger partial charge < -0.3 is 5.73 Å². The fourth-order valence-electron chi connectivity index (χ4n) is 1.63. The van der Waals surface area contributed by atoms with Crippen LogP contribution in [0.5, 0.6) is 0 Å². The highest BCUT2D eigenvalue weighted by Crippen LogP contribution is 2.21. The summed E-state index contributed by atoms with van der Waals surface area (Å²) < 4.78 is 0. The van der Waals surface area contributed by atoms with Gasteiger partial charge in [0.25, 0.3) is 0 Å². The zero-order valence-electron chi connectivity index (χ0n) is 9.09. The number of nitrogens with two attached hydrogens (primary N) is 1. The quantitative estimate of drug-likeness (QED) is 0.848. The number of nitrogens with zero attached hydrogens (tertiary/aromatic N) is 1. The SMILES string of the molecule is C[C@H](N=C1CSC(=O)C1N)c1ccccc1. The van der Waals surface area contributed by atoms with Crippen molar-refractivity contribution in [3.8, 4) is 0 Å². The van der Waals surface area contributed by atoms with E-state index in [1.54, 1.807) is 0 Å². The molecule has 2 N–H and O–H groups in total. The van der Waals surface area contributed by atoms with Crippen molar-refractivity contribution < 1.29 is 4.79 Å². The highest BCUT2D eigenvalue weighted by Gasteiger charge is 2.28. The molecule has 0 saturated carbocycles. The lowest BCUT2D eigenvalue weighted by Crippen LogP contribution is -2.32. The minimum Gasteiger partial charge on any atom is -0.316 e. The van der Waals surface area contributed by atoms with Crippen LogP contribution in [0.25, 0.3) is 0 Å². The van der Waals surface area contributed by atoms with E-state index in [0.717, 1.165) is 11.3 Å². The van der Waals surface area contributed by atoms with Crippen molar-refractivity contribution in [3.05, 3.63) is 35.9 Å². The minimum atomic E-state index is -0.504. The highest BCUT2D eigenvalue weighted by molar-refractivity contribution is 8.15. The van der Waals surface area contributed by atoms with Gasteiger partial charge in [0.05, 0.1) is 6.04 Å². The number of hydrogen-bond donors (Lipinski definition) is 1. The Hall–Kier alpha value is -1.13. The molecule has 0 aliphatic carbocycles. The van der Waals surface area contributed by atoms with E-state index in [1.807, 2.05) is 37.3 Å². The first-order valence-corrected chi connectivity index (χ1v) is 6.21. The highest BCUT2D eigenvalue weighted by atomic mass is 32.2. The number of benzene rings is 1. The number of rotatable bonds is 2. The summed E-state index contributed by atoms with van der Waals surface area (Å²) in [5, 5.41) is 0.0269. The van der Waals surface area contributed by atoms with Crippen molar-refractivity contribution in [1.29, 1.82) is 0 Å². The molecule has 4 heteroatoms. The van der Waals surface area contributed by atoms with Crippen molar-refractivity contribution in [1.82, 2.24) is 0 Å². The molecule has 0 spiro atoms. The van der Waals surface area contributed by atoms with Gasteiger partial charge in [-0.3, -0.25) is 9.79 Å². The molecule has 1 aromatic rings. The first-order chi connectivity index (χ1) is 7.68. The first-order valence-electron chi connectivity index (χ1n) is 5.22. The third-order valence-electron chi connectivity index (χ3n) is 2.62. The summed E-state index contributed by atoms with van der Waals surface area (Å²) in [6, 6.07) is 9.57. The molecule has 0 aromatic heterocycles. The van der Waals surface area contributed by atoms with E-state index in [-0.39, 0.29) is 11.2 Å². The lowest BCUT2D eigenvalue weighted by Gasteiger charge is -2.09. The van der Waals surface area contributed by atoms with Gasteiger partial charge in [0.15, 0.2) is 0 Å². The van der Waals surface area contributed by atoms with Gasteiger partial charge in [-0.05, 0) is 12.5 Å². The number of carbonyl (C=O) groups excluding carboxylic acids is 1.